The minimum Gasteiger partial charge on any atom is -0.461 e. The van der Waals surface area contributed by atoms with Gasteiger partial charge in [-0.3, -0.25) is 0 Å². The molecule has 6 heteroatoms. The molecule has 0 bridgehead atoms. The van der Waals surface area contributed by atoms with Crippen LogP contribution in [0.3, 0.4) is 0 Å². The van der Waals surface area contributed by atoms with Gasteiger partial charge >= 0.3 is 11.9 Å². The van der Waals surface area contributed by atoms with Gasteiger partial charge in [0.15, 0.2) is 0 Å². The van der Waals surface area contributed by atoms with Crippen molar-refractivity contribution >= 4 is 11.9 Å². The standard InChI is InChI=1S/C24H28N2O4/c1-6-29-23(27)21-16(4)14(2)19(25-21)12-20-15(3)17(5)22(26-20)24(28)30-13-18-10-8-7-9-11-18/h7-11,25-26H,6,12-13H2,1-5H3. The number of ether oxygens (including phenoxy) is 2. The average Bonchev–Trinajstić information content (AvgIpc) is 3.18. The topological polar surface area (TPSA) is 84.2 Å². The molecular formula is C24H28N2O4. The van der Waals surface area contributed by atoms with Gasteiger partial charge in [0.2, 0.25) is 0 Å². The van der Waals surface area contributed by atoms with Crippen molar-refractivity contribution < 1.29 is 19.1 Å². The van der Waals surface area contributed by atoms with E-state index < -0.39 is 0 Å². The van der Waals surface area contributed by atoms with Crippen LogP contribution >= 0.6 is 0 Å². The van der Waals surface area contributed by atoms with Crippen molar-refractivity contribution in [1.82, 2.24) is 9.97 Å². The molecule has 2 aromatic heterocycles. The van der Waals surface area contributed by atoms with Gasteiger partial charge in [0.1, 0.15) is 18.0 Å². The number of aromatic nitrogens is 2. The highest BCUT2D eigenvalue weighted by Crippen LogP contribution is 2.25. The minimum atomic E-state index is -0.377. The number of H-pyrrole nitrogens is 2. The lowest BCUT2D eigenvalue weighted by Gasteiger charge is -2.04. The van der Waals surface area contributed by atoms with E-state index in [2.05, 4.69) is 9.97 Å². The monoisotopic (exact) mass is 408 g/mol. The van der Waals surface area contributed by atoms with E-state index in [-0.39, 0.29) is 18.5 Å². The number of carbonyl (C=O) groups excluding carboxylic acids is 2. The summed E-state index contributed by atoms with van der Waals surface area (Å²) in [7, 11) is 0. The molecule has 0 amide bonds. The minimum absolute atomic E-state index is 0.227. The van der Waals surface area contributed by atoms with Crippen LogP contribution in [-0.4, -0.2) is 28.5 Å². The van der Waals surface area contributed by atoms with Crippen molar-refractivity contribution in [2.45, 2.75) is 47.6 Å². The first-order chi connectivity index (χ1) is 14.3. The Morgan fingerprint density at radius 3 is 1.77 bits per heavy atom. The molecule has 0 aliphatic carbocycles. The van der Waals surface area contributed by atoms with Crippen molar-refractivity contribution in [2.24, 2.45) is 0 Å². The Labute approximate surface area is 176 Å². The number of nitrogens with one attached hydrogen (secondary N) is 2. The van der Waals surface area contributed by atoms with Gasteiger partial charge in [0.25, 0.3) is 0 Å². The van der Waals surface area contributed by atoms with Gasteiger partial charge in [-0.2, -0.15) is 0 Å². The predicted molar refractivity (Wildman–Crippen MR) is 115 cm³/mol. The third-order valence-corrected chi connectivity index (χ3v) is 5.58. The second-order valence-electron chi connectivity index (χ2n) is 7.42. The Morgan fingerprint density at radius 1 is 0.767 bits per heavy atom. The number of aromatic amines is 2. The smallest absolute Gasteiger partial charge is 0.355 e. The summed E-state index contributed by atoms with van der Waals surface area (Å²) in [5.41, 5.74) is 7.49. The Kier molecular flexibility index (Phi) is 6.45. The van der Waals surface area contributed by atoms with Crippen LogP contribution in [0.5, 0.6) is 0 Å². The molecule has 2 N–H and O–H groups in total. The summed E-state index contributed by atoms with van der Waals surface area (Å²) in [6.45, 7) is 10.1. The van der Waals surface area contributed by atoms with E-state index in [1.54, 1.807) is 6.92 Å². The number of benzene rings is 1. The molecule has 0 atom stereocenters. The molecule has 0 unspecified atom stereocenters. The van der Waals surface area contributed by atoms with Crippen LogP contribution in [0.2, 0.25) is 0 Å². The quantitative estimate of drug-likeness (QED) is 0.555. The largest absolute Gasteiger partial charge is 0.461 e. The maximum Gasteiger partial charge on any atom is 0.355 e. The van der Waals surface area contributed by atoms with E-state index in [0.29, 0.717) is 24.4 Å². The van der Waals surface area contributed by atoms with E-state index in [1.807, 2.05) is 58.0 Å². The molecule has 6 nitrogen and oxygen atoms in total. The van der Waals surface area contributed by atoms with Crippen LogP contribution in [0.15, 0.2) is 30.3 Å². The molecule has 3 aromatic rings. The fourth-order valence-corrected chi connectivity index (χ4v) is 3.44. The zero-order valence-corrected chi connectivity index (χ0v) is 18.1. The summed E-state index contributed by atoms with van der Waals surface area (Å²) in [4.78, 5) is 31.2. The SMILES string of the molecule is CCOC(=O)c1[nH]c(Cc2[nH]c(C(=O)OCc3ccccc3)c(C)c2C)c(C)c1C. The van der Waals surface area contributed by atoms with Crippen molar-refractivity contribution in [3.8, 4) is 0 Å². The van der Waals surface area contributed by atoms with Gasteiger partial charge in [-0.1, -0.05) is 30.3 Å². The van der Waals surface area contributed by atoms with Crippen molar-refractivity contribution in [3.05, 3.63) is 80.9 Å². The number of hydrogen-bond donors (Lipinski definition) is 2. The Morgan fingerprint density at radius 2 is 1.27 bits per heavy atom. The first kappa shape index (κ1) is 21.4. The molecule has 0 spiro atoms. The maximum absolute atomic E-state index is 12.6. The van der Waals surface area contributed by atoms with E-state index in [4.69, 9.17) is 9.47 Å². The highest BCUT2D eigenvalue weighted by molar-refractivity contribution is 5.90. The number of hydrogen-bond acceptors (Lipinski definition) is 4. The molecule has 0 saturated carbocycles. The van der Waals surface area contributed by atoms with Gasteiger partial charge in [0.05, 0.1) is 6.61 Å². The highest BCUT2D eigenvalue weighted by atomic mass is 16.5. The summed E-state index contributed by atoms with van der Waals surface area (Å²) < 4.78 is 10.6. The van der Waals surface area contributed by atoms with Crippen LogP contribution in [0.25, 0.3) is 0 Å². The van der Waals surface area contributed by atoms with Crippen LogP contribution in [0.4, 0.5) is 0 Å². The number of rotatable bonds is 7. The molecular weight excluding hydrogens is 380 g/mol. The molecule has 3 rings (SSSR count). The second kappa shape index (κ2) is 9.03. The van der Waals surface area contributed by atoms with E-state index in [1.165, 1.54) is 0 Å². The zero-order valence-electron chi connectivity index (χ0n) is 18.1. The lowest BCUT2D eigenvalue weighted by Crippen LogP contribution is -2.07. The molecule has 0 radical (unpaired) electrons. The van der Waals surface area contributed by atoms with Crippen LogP contribution in [-0.2, 0) is 22.5 Å². The molecule has 158 valence electrons. The summed E-state index contributed by atoms with van der Waals surface area (Å²) in [6, 6.07) is 9.59. The summed E-state index contributed by atoms with van der Waals surface area (Å²) in [6.07, 6.45) is 0.546. The van der Waals surface area contributed by atoms with Crippen molar-refractivity contribution in [2.75, 3.05) is 6.61 Å². The molecule has 0 saturated heterocycles. The van der Waals surface area contributed by atoms with Crippen LogP contribution < -0.4 is 0 Å². The van der Waals surface area contributed by atoms with Gasteiger partial charge in [-0.05, 0) is 62.4 Å². The van der Waals surface area contributed by atoms with Crippen LogP contribution in [0.1, 0.15) is 67.1 Å². The van der Waals surface area contributed by atoms with Gasteiger partial charge in [-0.15, -0.1) is 0 Å². The summed E-state index contributed by atoms with van der Waals surface area (Å²) >= 11 is 0. The Balaban J connectivity index is 1.79. The van der Waals surface area contributed by atoms with Gasteiger partial charge in [-0.25, -0.2) is 9.59 Å². The van der Waals surface area contributed by atoms with Crippen molar-refractivity contribution in [1.29, 1.82) is 0 Å². The van der Waals surface area contributed by atoms with E-state index >= 15 is 0 Å². The highest BCUT2D eigenvalue weighted by Gasteiger charge is 2.22. The lowest BCUT2D eigenvalue weighted by atomic mass is 10.1. The summed E-state index contributed by atoms with van der Waals surface area (Å²) in [5.74, 6) is -0.730. The molecule has 0 aliphatic heterocycles. The zero-order chi connectivity index (χ0) is 21.8. The first-order valence-electron chi connectivity index (χ1n) is 10.1. The first-order valence-corrected chi connectivity index (χ1v) is 10.1. The van der Waals surface area contributed by atoms with E-state index in [9.17, 15) is 9.59 Å². The lowest BCUT2D eigenvalue weighted by molar-refractivity contribution is 0.0464. The summed E-state index contributed by atoms with van der Waals surface area (Å²) in [5, 5.41) is 0. The Hall–Kier alpha value is -3.28. The molecule has 0 fully saturated rings. The fraction of sp³-hybridized carbons (Fsp3) is 0.333. The normalized spacial score (nSPS) is 10.8. The second-order valence-corrected chi connectivity index (χ2v) is 7.42. The fourth-order valence-electron chi connectivity index (χ4n) is 3.44. The number of carbonyl (C=O) groups is 2. The van der Waals surface area contributed by atoms with Crippen LogP contribution in [0, 0.1) is 27.7 Å². The molecule has 2 heterocycles. The van der Waals surface area contributed by atoms with E-state index in [0.717, 1.165) is 39.2 Å². The van der Waals surface area contributed by atoms with Crippen molar-refractivity contribution in [3.63, 3.8) is 0 Å². The molecule has 30 heavy (non-hydrogen) atoms. The average molecular weight is 408 g/mol. The number of esters is 2. The predicted octanol–water partition coefficient (Wildman–Crippen LogP) is 4.70. The third-order valence-electron chi connectivity index (χ3n) is 5.58. The Bertz CT molecular complexity index is 1060. The molecule has 0 aliphatic rings. The van der Waals surface area contributed by atoms with Gasteiger partial charge in [0, 0.05) is 17.8 Å². The third kappa shape index (κ3) is 4.32. The maximum atomic E-state index is 12.6. The molecule has 1 aromatic carbocycles. The van der Waals surface area contributed by atoms with Gasteiger partial charge < -0.3 is 19.4 Å².